The van der Waals surface area contributed by atoms with E-state index in [1.54, 1.807) is 40.2 Å². The molecule has 0 saturated heterocycles. The molecule has 0 spiro atoms. The van der Waals surface area contributed by atoms with Gasteiger partial charge in [0.15, 0.2) is 5.65 Å². The number of nitrogens with two attached hydrogens (primary N) is 1. The first kappa shape index (κ1) is 13.5. The zero-order chi connectivity index (χ0) is 14.8. The third-order valence-corrected chi connectivity index (χ3v) is 3.95. The van der Waals surface area contributed by atoms with Crippen LogP contribution in [0, 0.1) is 11.8 Å². The summed E-state index contributed by atoms with van der Waals surface area (Å²) in [6.07, 6.45) is 3.10. The van der Waals surface area contributed by atoms with Gasteiger partial charge >= 0.3 is 0 Å². The predicted molar refractivity (Wildman–Crippen MR) is 82.1 cm³/mol. The molecule has 21 heavy (non-hydrogen) atoms. The van der Waals surface area contributed by atoms with E-state index in [4.69, 9.17) is 5.73 Å². The molecule has 106 valence electrons. The number of aryl methyl sites for hydroxylation is 1. The first-order valence-corrected chi connectivity index (χ1v) is 7.20. The van der Waals surface area contributed by atoms with Crippen molar-refractivity contribution in [1.82, 2.24) is 19.3 Å². The van der Waals surface area contributed by atoms with E-state index >= 15 is 0 Å². The van der Waals surface area contributed by atoms with Crippen molar-refractivity contribution in [3.63, 3.8) is 0 Å². The Morgan fingerprint density at radius 3 is 3.14 bits per heavy atom. The van der Waals surface area contributed by atoms with E-state index in [9.17, 15) is 4.79 Å². The lowest BCUT2D eigenvalue weighted by molar-refractivity contribution is 0.744. The molecule has 0 radical (unpaired) electrons. The lowest BCUT2D eigenvalue weighted by atomic mass is 10.3. The molecule has 3 aromatic rings. The molecule has 6 nitrogen and oxygen atoms in total. The summed E-state index contributed by atoms with van der Waals surface area (Å²) in [5.74, 6) is 5.79. The van der Waals surface area contributed by atoms with Crippen molar-refractivity contribution in [3.8, 4) is 11.8 Å². The quantitative estimate of drug-likeness (QED) is 0.701. The number of fused-ring (bicyclic) bond motifs is 1. The van der Waals surface area contributed by atoms with Crippen LogP contribution in [0.15, 0.2) is 28.8 Å². The van der Waals surface area contributed by atoms with Gasteiger partial charge in [-0.1, -0.05) is 11.8 Å². The maximum Gasteiger partial charge on any atom is 0.264 e. The molecule has 3 heterocycles. The van der Waals surface area contributed by atoms with E-state index in [1.165, 1.54) is 0 Å². The van der Waals surface area contributed by atoms with Crippen molar-refractivity contribution in [2.24, 2.45) is 12.8 Å². The third-order valence-electron chi connectivity index (χ3n) is 3.03. The van der Waals surface area contributed by atoms with Gasteiger partial charge in [-0.25, -0.2) is 4.98 Å². The molecule has 0 unspecified atom stereocenters. The minimum atomic E-state index is -0.0870. The van der Waals surface area contributed by atoms with Crippen molar-refractivity contribution < 1.29 is 0 Å². The Morgan fingerprint density at radius 1 is 1.48 bits per heavy atom. The fourth-order valence-electron chi connectivity index (χ4n) is 2.03. The molecule has 0 amide bonds. The van der Waals surface area contributed by atoms with Crippen LogP contribution in [0.3, 0.4) is 0 Å². The Balaban J connectivity index is 1.93. The predicted octanol–water partition coefficient (Wildman–Crippen LogP) is 0.550. The van der Waals surface area contributed by atoms with E-state index in [-0.39, 0.29) is 5.56 Å². The van der Waals surface area contributed by atoms with E-state index in [0.717, 1.165) is 10.4 Å². The van der Waals surface area contributed by atoms with Gasteiger partial charge in [0.1, 0.15) is 11.7 Å². The van der Waals surface area contributed by atoms with Crippen LogP contribution in [0.4, 0.5) is 0 Å². The van der Waals surface area contributed by atoms with Gasteiger partial charge in [0.05, 0.1) is 19.3 Å². The highest BCUT2D eigenvalue weighted by Gasteiger charge is 2.09. The van der Waals surface area contributed by atoms with Gasteiger partial charge in [-0.2, -0.15) is 5.10 Å². The first-order valence-electron chi connectivity index (χ1n) is 6.32. The van der Waals surface area contributed by atoms with Gasteiger partial charge in [0.25, 0.3) is 5.56 Å². The minimum absolute atomic E-state index is 0.0870. The Bertz CT molecular complexity index is 909. The SMILES string of the molecule is Cn1ncc2c(=O)n(Cc3cc(C#CCN)cs3)cnc21. The molecule has 0 bridgehead atoms. The number of rotatable bonds is 2. The smallest absolute Gasteiger partial charge is 0.264 e. The van der Waals surface area contributed by atoms with Crippen LogP contribution in [0.2, 0.25) is 0 Å². The average Bonchev–Trinajstić information content (AvgIpc) is 3.07. The second-order valence-corrected chi connectivity index (χ2v) is 5.49. The van der Waals surface area contributed by atoms with E-state index < -0.39 is 0 Å². The molecule has 2 N–H and O–H groups in total. The van der Waals surface area contributed by atoms with Crippen LogP contribution in [-0.2, 0) is 13.6 Å². The van der Waals surface area contributed by atoms with Crippen molar-refractivity contribution in [1.29, 1.82) is 0 Å². The van der Waals surface area contributed by atoms with Gasteiger partial charge in [-0.15, -0.1) is 11.3 Å². The van der Waals surface area contributed by atoms with Crippen LogP contribution in [-0.4, -0.2) is 25.9 Å². The van der Waals surface area contributed by atoms with E-state index in [0.29, 0.717) is 24.1 Å². The van der Waals surface area contributed by atoms with Crippen molar-refractivity contribution in [2.75, 3.05) is 6.54 Å². The molecule has 3 aromatic heterocycles. The summed E-state index contributed by atoms with van der Waals surface area (Å²) >= 11 is 1.56. The summed E-state index contributed by atoms with van der Waals surface area (Å²) in [6.45, 7) is 0.817. The van der Waals surface area contributed by atoms with Gasteiger partial charge in [-0.05, 0) is 6.07 Å². The maximum atomic E-state index is 12.4. The highest BCUT2D eigenvalue weighted by atomic mass is 32.1. The molecule has 0 aliphatic rings. The van der Waals surface area contributed by atoms with E-state index in [1.807, 2.05) is 11.4 Å². The Labute approximate surface area is 124 Å². The molecule has 7 heteroatoms. The summed E-state index contributed by atoms with van der Waals surface area (Å²) < 4.78 is 3.17. The monoisotopic (exact) mass is 299 g/mol. The molecule has 0 aliphatic heterocycles. The minimum Gasteiger partial charge on any atom is -0.320 e. The zero-order valence-electron chi connectivity index (χ0n) is 11.4. The second kappa shape index (κ2) is 5.52. The van der Waals surface area contributed by atoms with Crippen LogP contribution in [0.25, 0.3) is 11.0 Å². The molecule has 0 fully saturated rings. The Morgan fingerprint density at radius 2 is 2.33 bits per heavy atom. The molecule has 0 saturated carbocycles. The van der Waals surface area contributed by atoms with E-state index in [2.05, 4.69) is 21.9 Å². The molecular weight excluding hydrogens is 286 g/mol. The molecule has 3 rings (SSSR count). The van der Waals surface area contributed by atoms with Gasteiger partial charge in [-0.3, -0.25) is 14.0 Å². The van der Waals surface area contributed by atoms with Crippen molar-refractivity contribution in [3.05, 3.63) is 44.8 Å². The summed E-state index contributed by atoms with van der Waals surface area (Å²) in [6, 6.07) is 1.97. The molecular formula is C14H13N5OS. The zero-order valence-corrected chi connectivity index (χ0v) is 12.2. The van der Waals surface area contributed by atoms with Crippen molar-refractivity contribution >= 4 is 22.4 Å². The fourth-order valence-corrected chi connectivity index (χ4v) is 2.84. The standard InChI is InChI=1S/C14H13N5OS/c1-18-13-12(6-17-18)14(20)19(9-16-13)7-11-5-10(8-21-11)3-2-4-15/h5-6,8-9H,4,7,15H2,1H3. The number of hydrogen-bond donors (Lipinski definition) is 1. The number of aromatic nitrogens is 4. The fraction of sp³-hybridized carbons (Fsp3) is 0.214. The molecule has 0 aromatic carbocycles. The number of thiophene rings is 1. The number of nitrogens with zero attached hydrogens (tertiary/aromatic N) is 4. The molecule has 0 atom stereocenters. The Hall–Kier alpha value is -2.43. The highest BCUT2D eigenvalue weighted by Crippen LogP contribution is 2.15. The van der Waals surface area contributed by atoms with Gasteiger partial charge in [0.2, 0.25) is 0 Å². The summed E-state index contributed by atoms with van der Waals surface area (Å²) in [5, 5.41) is 6.54. The number of hydrogen-bond acceptors (Lipinski definition) is 5. The summed E-state index contributed by atoms with van der Waals surface area (Å²) in [5.41, 5.74) is 6.78. The van der Waals surface area contributed by atoms with Crippen LogP contribution in [0.1, 0.15) is 10.4 Å². The highest BCUT2D eigenvalue weighted by molar-refractivity contribution is 7.10. The van der Waals surface area contributed by atoms with Crippen molar-refractivity contribution in [2.45, 2.75) is 6.54 Å². The molecule has 0 aliphatic carbocycles. The van der Waals surface area contributed by atoms with Gasteiger partial charge in [0, 0.05) is 22.9 Å². The largest absolute Gasteiger partial charge is 0.320 e. The summed E-state index contributed by atoms with van der Waals surface area (Å²) in [7, 11) is 1.76. The van der Waals surface area contributed by atoms with Gasteiger partial charge < -0.3 is 5.73 Å². The average molecular weight is 299 g/mol. The summed E-state index contributed by atoms with van der Waals surface area (Å²) in [4.78, 5) is 17.7. The van der Waals surface area contributed by atoms with Crippen LogP contribution < -0.4 is 11.3 Å². The normalized spacial score (nSPS) is 10.6. The first-order chi connectivity index (χ1) is 10.2. The maximum absolute atomic E-state index is 12.4. The second-order valence-electron chi connectivity index (χ2n) is 4.49. The van der Waals surface area contributed by atoms with Crippen LogP contribution in [0.5, 0.6) is 0 Å². The third kappa shape index (κ3) is 2.59. The Kier molecular flexibility index (Phi) is 3.56. The lowest BCUT2D eigenvalue weighted by Gasteiger charge is -2.02. The van der Waals surface area contributed by atoms with Crippen LogP contribution >= 0.6 is 11.3 Å². The topological polar surface area (TPSA) is 78.7 Å². The lowest BCUT2D eigenvalue weighted by Crippen LogP contribution is -2.20.